The minimum Gasteiger partial charge on any atom is -0.369 e. The summed E-state index contributed by atoms with van der Waals surface area (Å²) in [4.78, 5) is 38.9. The fourth-order valence-electron chi connectivity index (χ4n) is 5.07. The van der Waals surface area contributed by atoms with Crippen molar-refractivity contribution in [2.75, 3.05) is 13.1 Å². The topological polar surface area (TPSA) is 92.5 Å². The maximum atomic E-state index is 12.7. The van der Waals surface area contributed by atoms with Crippen LogP contribution in [0.15, 0.2) is 30.3 Å². The van der Waals surface area contributed by atoms with Crippen LogP contribution in [0.5, 0.6) is 0 Å². The second kappa shape index (κ2) is 8.17. The Kier molecular flexibility index (Phi) is 5.61. The maximum Gasteiger partial charge on any atom is 0.235 e. The van der Waals surface area contributed by atoms with E-state index in [1.54, 1.807) is 0 Å². The largest absolute Gasteiger partial charge is 0.369 e. The van der Waals surface area contributed by atoms with Crippen molar-refractivity contribution < 1.29 is 14.4 Å². The van der Waals surface area contributed by atoms with Gasteiger partial charge in [0.1, 0.15) is 5.41 Å². The molecule has 0 spiro atoms. The Hall–Kier alpha value is -2.37. The lowest BCUT2D eigenvalue weighted by molar-refractivity contribution is -0.137. The van der Waals surface area contributed by atoms with Crippen molar-refractivity contribution in [3.8, 4) is 0 Å². The second-order valence-corrected chi connectivity index (χ2v) is 9.03. The van der Waals surface area contributed by atoms with Crippen LogP contribution in [0.25, 0.3) is 0 Å². The van der Waals surface area contributed by atoms with Crippen LogP contribution in [0, 0.1) is 17.3 Å². The summed E-state index contributed by atoms with van der Waals surface area (Å²) in [7, 11) is 0. The van der Waals surface area contributed by atoms with Crippen LogP contribution in [-0.4, -0.2) is 41.8 Å². The third-order valence-corrected chi connectivity index (χ3v) is 7.09. The van der Waals surface area contributed by atoms with Gasteiger partial charge >= 0.3 is 0 Å². The molecule has 29 heavy (non-hydrogen) atoms. The van der Waals surface area contributed by atoms with E-state index in [1.807, 2.05) is 23.1 Å². The highest BCUT2D eigenvalue weighted by atomic mass is 16.2. The van der Waals surface area contributed by atoms with Gasteiger partial charge in [-0.25, -0.2) is 0 Å². The molecule has 2 saturated carbocycles. The lowest BCUT2D eigenvalue weighted by Crippen LogP contribution is -2.56. The Morgan fingerprint density at radius 2 is 1.69 bits per heavy atom. The molecule has 0 aromatic heterocycles. The van der Waals surface area contributed by atoms with Crippen molar-refractivity contribution in [2.24, 2.45) is 23.0 Å². The number of piperidine rings is 1. The van der Waals surface area contributed by atoms with E-state index in [2.05, 4.69) is 17.4 Å². The van der Waals surface area contributed by atoms with E-state index in [1.165, 1.54) is 5.56 Å². The summed E-state index contributed by atoms with van der Waals surface area (Å²) < 4.78 is 0. The summed E-state index contributed by atoms with van der Waals surface area (Å²) >= 11 is 0. The van der Waals surface area contributed by atoms with Gasteiger partial charge in [-0.15, -0.1) is 0 Å². The summed E-state index contributed by atoms with van der Waals surface area (Å²) in [5.41, 5.74) is 5.78. The number of unbranched alkanes of at least 4 members (excludes halogenated alkanes) is 1. The third-order valence-electron chi connectivity index (χ3n) is 7.09. The van der Waals surface area contributed by atoms with Gasteiger partial charge in [0.25, 0.3) is 0 Å². The van der Waals surface area contributed by atoms with E-state index in [9.17, 15) is 14.4 Å². The van der Waals surface area contributed by atoms with Gasteiger partial charge < -0.3 is 16.0 Å². The van der Waals surface area contributed by atoms with Crippen molar-refractivity contribution in [3.63, 3.8) is 0 Å². The minimum atomic E-state index is -0.967. The van der Waals surface area contributed by atoms with Crippen LogP contribution in [0.1, 0.15) is 50.5 Å². The van der Waals surface area contributed by atoms with Gasteiger partial charge in [0.2, 0.25) is 17.7 Å². The lowest BCUT2D eigenvalue weighted by atomic mass is 9.90. The van der Waals surface area contributed by atoms with Gasteiger partial charge in [0, 0.05) is 25.6 Å². The SMILES string of the molecule is NC(=O)C1(C(=O)NC2[C@@H]3CC[C@H]2CN(C(=O)CCCCc2ccccc2)C3)CC1. The molecule has 156 valence electrons. The molecule has 1 heterocycles. The van der Waals surface area contributed by atoms with E-state index >= 15 is 0 Å². The number of amides is 3. The number of nitrogens with zero attached hydrogens (tertiary/aromatic N) is 1. The molecule has 4 rings (SSSR count). The number of carbonyl (C=O) groups is 3. The van der Waals surface area contributed by atoms with E-state index < -0.39 is 11.3 Å². The number of rotatable bonds is 8. The molecule has 3 aliphatic rings. The molecule has 1 aliphatic heterocycles. The Morgan fingerprint density at radius 3 is 2.28 bits per heavy atom. The van der Waals surface area contributed by atoms with E-state index in [4.69, 9.17) is 5.73 Å². The number of hydrogen-bond donors (Lipinski definition) is 2. The fraction of sp³-hybridized carbons (Fsp3) is 0.609. The molecule has 6 heteroatoms. The van der Waals surface area contributed by atoms with Crippen molar-refractivity contribution in [1.82, 2.24) is 10.2 Å². The van der Waals surface area contributed by atoms with E-state index in [0.29, 0.717) is 32.4 Å². The van der Waals surface area contributed by atoms with E-state index in [-0.39, 0.29) is 29.7 Å². The van der Waals surface area contributed by atoms with Crippen molar-refractivity contribution in [3.05, 3.63) is 35.9 Å². The summed E-state index contributed by atoms with van der Waals surface area (Å²) in [5.74, 6) is 0.0953. The first-order valence-corrected chi connectivity index (χ1v) is 10.9. The third kappa shape index (κ3) is 4.16. The first kappa shape index (κ1) is 19.9. The molecule has 3 N–H and O–H groups in total. The first-order chi connectivity index (χ1) is 14.0. The van der Waals surface area contributed by atoms with Crippen molar-refractivity contribution in [1.29, 1.82) is 0 Å². The molecule has 3 amide bonds. The van der Waals surface area contributed by atoms with Gasteiger partial charge in [0.05, 0.1) is 0 Å². The van der Waals surface area contributed by atoms with Crippen LogP contribution in [0.4, 0.5) is 0 Å². The molecule has 0 radical (unpaired) electrons. The van der Waals surface area contributed by atoms with Gasteiger partial charge in [-0.3, -0.25) is 14.4 Å². The Morgan fingerprint density at radius 1 is 1.03 bits per heavy atom. The molecule has 2 aliphatic carbocycles. The number of aryl methyl sites for hydroxylation is 1. The number of nitrogens with one attached hydrogen (secondary N) is 1. The number of nitrogens with two attached hydrogens (primary N) is 1. The molecule has 1 aromatic carbocycles. The Bertz CT molecular complexity index is 761. The van der Waals surface area contributed by atoms with Gasteiger partial charge in [-0.1, -0.05) is 30.3 Å². The fourth-order valence-corrected chi connectivity index (χ4v) is 5.07. The van der Waals surface area contributed by atoms with Crippen molar-refractivity contribution in [2.45, 2.75) is 57.4 Å². The van der Waals surface area contributed by atoms with Gasteiger partial charge in [-0.05, 0) is 62.3 Å². The molecule has 1 aromatic rings. The zero-order valence-corrected chi connectivity index (χ0v) is 16.9. The lowest BCUT2D eigenvalue weighted by Gasteiger charge is -2.39. The zero-order chi connectivity index (χ0) is 20.4. The van der Waals surface area contributed by atoms with Crippen LogP contribution in [0.2, 0.25) is 0 Å². The maximum absolute atomic E-state index is 12.7. The quantitative estimate of drug-likeness (QED) is 0.519. The monoisotopic (exact) mass is 397 g/mol. The van der Waals surface area contributed by atoms with Gasteiger partial charge in [0.15, 0.2) is 0 Å². The molecular weight excluding hydrogens is 366 g/mol. The smallest absolute Gasteiger partial charge is 0.235 e. The normalized spacial score (nSPS) is 26.8. The second-order valence-electron chi connectivity index (χ2n) is 9.03. The van der Waals surface area contributed by atoms with E-state index in [0.717, 1.165) is 32.1 Å². The summed E-state index contributed by atoms with van der Waals surface area (Å²) in [6, 6.07) is 10.4. The molecular formula is C23H31N3O3. The molecule has 1 unspecified atom stereocenters. The number of hydrogen-bond acceptors (Lipinski definition) is 3. The average Bonchev–Trinajstić information content (AvgIpc) is 3.50. The number of likely N-dealkylation sites (tertiary alicyclic amines) is 1. The predicted octanol–water partition coefficient (Wildman–Crippen LogP) is 2.02. The van der Waals surface area contributed by atoms with Gasteiger partial charge in [-0.2, -0.15) is 0 Å². The van der Waals surface area contributed by atoms with Crippen LogP contribution < -0.4 is 11.1 Å². The number of benzene rings is 1. The predicted molar refractivity (Wildman–Crippen MR) is 110 cm³/mol. The Labute approximate surface area is 172 Å². The molecule has 2 bridgehead atoms. The molecule has 6 nitrogen and oxygen atoms in total. The highest BCUT2D eigenvalue weighted by molar-refractivity contribution is 6.07. The Balaban J connectivity index is 1.24. The summed E-state index contributed by atoms with van der Waals surface area (Å²) in [6.45, 7) is 1.42. The zero-order valence-electron chi connectivity index (χ0n) is 16.9. The molecule has 3 fully saturated rings. The highest BCUT2D eigenvalue weighted by Crippen LogP contribution is 2.46. The average molecular weight is 398 g/mol. The minimum absolute atomic E-state index is 0.0708. The summed E-state index contributed by atoms with van der Waals surface area (Å²) in [6.07, 6.45) is 6.69. The van der Waals surface area contributed by atoms with Crippen LogP contribution in [0.3, 0.4) is 0 Å². The molecule has 3 atom stereocenters. The number of fused-ring (bicyclic) bond motifs is 2. The number of carbonyl (C=O) groups excluding carboxylic acids is 3. The van der Waals surface area contributed by atoms with Crippen LogP contribution in [-0.2, 0) is 20.8 Å². The summed E-state index contributed by atoms with van der Waals surface area (Å²) in [5, 5.41) is 3.12. The van der Waals surface area contributed by atoms with Crippen LogP contribution >= 0.6 is 0 Å². The van der Waals surface area contributed by atoms with Crippen molar-refractivity contribution >= 4 is 17.7 Å². The first-order valence-electron chi connectivity index (χ1n) is 10.9. The highest BCUT2D eigenvalue weighted by Gasteiger charge is 2.57. The number of primary amides is 1. The molecule has 1 saturated heterocycles. The standard InChI is InChI=1S/C23H31N3O3/c24-21(28)23(12-13-23)22(29)25-20-17-10-11-18(20)15-26(14-17)19(27)9-5-4-8-16-6-2-1-3-7-16/h1-3,6-7,17-18,20H,4-5,8-15H2,(H2,24,28)(H,25,29)/t17-,18+,20?.